The van der Waals surface area contributed by atoms with Crippen molar-refractivity contribution >= 4 is 10.9 Å². The predicted molar refractivity (Wildman–Crippen MR) is 72.1 cm³/mol. The predicted octanol–water partition coefficient (Wildman–Crippen LogP) is 3.29. The maximum atomic E-state index is 6.01. The molecule has 1 saturated heterocycles. The molecule has 2 aromatic rings. The fourth-order valence-corrected chi connectivity index (χ4v) is 2.42. The zero-order valence-corrected chi connectivity index (χ0v) is 10.7. The summed E-state index contributed by atoms with van der Waals surface area (Å²) < 4.78 is 11.3. The van der Waals surface area contributed by atoms with Crippen molar-refractivity contribution in [2.45, 2.75) is 32.3 Å². The average molecular weight is 245 g/mol. The summed E-state index contributed by atoms with van der Waals surface area (Å²) in [7, 11) is 0. The lowest BCUT2D eigenvalue weighted by atomic mass is 10.1. The molecule has 1 aromatic carbocycles. The van der Waals surface area contributed by atoms with Crippen molar-refractivity contribution in [3.8, 4) is 5.75 Å². The minimum atomic E-state index is 0.303. The molecule has 3 rings (SSSR count). The molecule has 0 saturated carbocycles. The number of aromatic amines is 1. The molecule has 0 aliphatic carbocycles. The molecule has 3 heteroatoms. The third kappa shape index (κ3) is 2.36. The number of ether oxygens (including phenoxy) is 2. The summed E-state index contributed by atoms with van der Waals surface area (Å²) in [5.74, 6) is 0.957. The molecule has 0 bridgehead atoms. The fraction of sp³-hybridized carbons (Fsp3) is 0.467. The Morgan fingerprint density at radius 3 is 2.89 bits per heavy atom. The zero-order chi connectivity index (χ0) is 12.4. The van der Waals surface area contributed by atoms with Gasteiger partial charge in [-0.15, -0.1) is 0 Å². The molecule has 96 valence electrons. The Labute approximate surface area is 107 Å². The first-order valence-corrected chi connectivity index (χ1v) is 6.71. The molecule has 1 aliphatic rings. The summed E-state index contributed by atoms with van der Waals surface area (Å²) in [6.45, 7) is 3.79. The fourth-order valence-electron chi connectivity index (χ4n) is 2.42. The van der Waals surface area contributed by atoms with E-state index in [4.69, 9.17) is 9.47 Å². The Morgan fingerprint density at radius 2 is 2.11 bits per heavy atom. The third-order valence-electron chi connectivity index (χ3n) is 3.50. The van der Waals surface area contributed by atoms with Gasteiger partial charge in [0.15, 0.2) is 0 Å². The maximum absolute atomic E-state index is 6.01. The highest BCUT2D eigenvalue weighted by Crippen LogP contribution is 2.24. The molecule has 1 aromatic heterocycles. The van der Waals surface area contributed by atoms with Gasteiger partial charge in [-0.3, -0.25) is 0 Å². The van der Waals surface area contributed by atoms with Crippen LogP contribution in [0.15, 0.2) is 24.3 Å². The van der Waals surface area contributed by atoms with Gasteiger partial charge >= 0.3 is 0 Å². The van der Waals surface area contributed by atoms with E-state index in [9.17, 15) is 0 Å². The number of hydrogen-bond acceptors (Lipinski definition) is 2. The topological polar surface area (TPSA) is 34.2 Å². The second-order valence-corrected chi connectivity index (χ2v) is 4.83. The van der Waals surface area contributed by atoms with Gasteiger partial charge in [0.25, 0.3) is 0 Å². The minimum Gasteiger partial charge on any atom is -0.490 e. The maximum Gasteiger partial charge on any atom is 0.121 e. The Bertz CT molecular complexity index is 526. The van der Waals surface area contributed by atoms with Gasteiger partial charge in [-0.1, -0.05) is 6.92 Å². The number of nitrogens with one attached hydrogen (secondary N) is 1. The summed E-state index contributed by atoms with van der Waals surface area (Å²) in [5, 5.41) is 1.26. The van der Waals surface area contributed by atoms with Gasteiger partial charge in [-0.25, -0.2) is 0 Å². The van der Waals surface area contributed by atoms with Crippen molar-refractivity contribution in [2.24, 2.45) is 0 Å². The largest absolute Gasteiger partial charge is 0.490 e. The molecular formula is C15H19NO2. The normalized spacial score (nSPS) is 17.2. The minimum absolute atomic E-state index is 0.303. The summed E-state index contributed by atoms with van der Waals surface area (Å²) in [6, 6.07) is 8.49. The Hall–Kier alpha value is -1.48. The van der Waals surface area contributed by atoms with Gasteiger partial charge in [0.05, 0.1) is 13.2 Å². The van der Waals surface area contributed by atoms with E-state index in [1.165, 1.54) is 11.1 Å². The third-order valence-corrected chi connectivity index (χ3v) is 3.50. The van der Waals surface area contributed by atoms with Crippen molar-refractivity contribution in [3.63, 3.8) is 0 Å². The first-order valence-electron chi connectivity index (χ1n) is 6.71. The van der Waals surface area contributed by atoms with Crippen LogP contribution in [-0.2, 0) is 11.2 Å². The number of aryl methyl sites for hydroxylation is 1. The van der Waals surface area contributed by atoms with Crippen LogP contribution in [0, 0.1) is 0 Å². The molecule has 0 radical (unpaired) electrons. The molecule has 0 atom stereocenters. The van der Waals surface area contributed by atoms with Crippen molar-refractivity contribution in [1.29, 1.82) is 0 Å². The van der Waals surface area contributed by atoms with Crippen molar-refractivity contribution < 1.29 is 9.47 Å². The number of hydrogen-bond donors (Lipinski definition) is 1. The molecule has 2 heterocycles. The second-order valence-electron chi connectivity index (χ2n) is 4.83. The van der Waals surface area contributed by atoms with E-state index in [-0.39, 0.29) is 0 Å². The molecule has 1 N–H and O–H groups in total. The number of aromatic nitrogens is 1. The molecule has 0 amide bonds. The highest BCUT2D eigenvalue weighted by molar-refractivity contribution is 5.81. The quantitative estimate of drug-likeness (QED) is 0.900. The van der Waals surface area contributed by atoms with E-state index in [0.29, 0.717) is 6.10 Å². The van der Waals surface area contributed by atoms with E-state index in [2.05, 4.69) is 36.2 Å². The second kappa shape index (κ2) is 5.02. The van der Waals surface area contributed by atoms with Crippen LogP contribution >= 0.6 is 0 Å². The molecule has 1 fully saturated rings. The van der Waals surface area contributed by atoms with E-state index in [1.54, 1.807) is 0 Å². The van der Waals surface area contributed by atoms with Crippen LogP contribution < -0.4 is 4.74 Å². The van der Waals surface area contributed by atoms with E-state index in [1.807, 2.05) is 0 Å². The van der Waals surface area contributed by atoms with Crippen LogP contribution in [0.4, 0.5) is 0 Å². The van der Waals surface area contributed by atoms with Gasteiger partial charge in [-0.2, -0.15) is 0 Å². The Balaban J connectivity index is 1.79. The lowest BCUT2D eigenvalue weighted by Crippen LogP contribution is -2.25. The first kappa shape index (κ1) is 11.6. The highest BCUT2D eigenvalue weighted by Gasteiger charge is 2.15. The summed E-state index contributed by atoms with van der Waals surface area (Å²) in [6.07, 6.45) is 3.31. The summed E-state index contributed by atoms with van der Waals surface area (Å²) >= 11 is 0. The average Bonchev–Trinajstić information content (AvgIpc) is 2.82. The van der Waals surface area contributed by atoms with Gasteiger partial charge < -0.3 is 14.5 Å². The SMILES string of the molecule is CCc1cc2ccc(OC3CCOCC3)cc2[nH]1. The highest BCUT2D eigenvalue weighted by atomic mass is 16.5. The van der Waals surface area contributed by atoms with E-state index < -0.39 is 0 Å². The number of benzene rings is 1. The van der Waals surface area contributed by atoms with Crippen LogP contribution in [0.2, 0.25) is 0 Å². The number of rotatable bonds is 3. The van der Waals surface area contributed by atoms with Crippen LogP contribution in [-0.4, -0.2) is 24.3 Å². The van der Waals surface area contributed by atoms with Gasteiger partial charge in [0.2, 0.25) is 0 Å². The molecule has 3 nitrogen and oxygen atoms in total. The van der Waals surface area contributed by atoms with Crippen molar-refractivity contribution in [3.05, 3.63) is 30.0 Å². The van der Waals surface area contributed by atoms with Gasteiger partial charge in [0, 0.05) is 30.1 Å². The molecule has 0 spiro atoms. The lowest BCUT2D eigenvalue weighted by Gasteiger charge is -2.23. The lowest BCUT2D eigenvalue weighted by molar-refractivity contribution is 0.0256. The van der Waals surface area contributed by atoms with Crippen molar-refractivity contribution in [2.75, 3.05) is 13.2 Å². The number of fused-ring (bicyclic) bond motifs is 1. The molecule has 0 unspecified atom stereocenters. The number of H-pyrrole nitrogens is 1. The smallest absolute Gasteiger partial charge is 0.121 e. The van der Waals surface area contributed by atoms with Crippen LogP contribution in [0.3, 0.4) is 0 Å². The van der Waals surface area contributed by atoms with Gasteiger partial charge in [-0.05, 0) is 30.0 Å². The summed E-state index contributed by atoms with van der Waals surface area (Å²) in [5.41, 5.74) is 2.43. The van der Waals surface area contributed by atoms with E-state index in [0.717, 1.165) is 43.7 Å². The van der Waals surface area contributed by atoms with Crippen LogP contribution in [0.1, 0.15) is 25.5 Å². The standard InChI is InChI=1S/C15H19NO2/c1-2-12-9-11-3-4-14(10-15(11)16-12)18-13-5-7-17-8-6-13/h3-4,9-10,13,16H,2,5-8H2,1H3. The molecular weight excluding hydrogens is 226 g/mol. The van der Waals surface area contributed by atoms with Crippen molar-refractivity contribution in [1.82, 2.24) is 4.98 Å². The Morgan fingerprint density at radius 1 is 1.28 bits per heavy atom. The van der Waals surface area contributed by atoms with Gasteiger partial charge in [0.1, 0.15) is 11.9 Å². The Kier molecular flexibility index (Phi) is 3.24. The monoisotopic (exact) mass is 245 g/mol. The van der Waals surface area contributed by atoms with Crippen LogP contribution in [0.5, 0.6) is 5.75 Å². The molecule has 1 aliphatic heterocycles. The van der Waals surface area contributed by atoms with Crippen LogP contribution in [0.25, 0.3) is 10.9 Å². The molecule has 18 heavy (non-hydrogen) atoms. The first-order chi connectivity index (χ1) is 8.85. The van der Waals surface area contributed by atoms with E-state index >= 15 is 0 Å². The summed E-state index contributed by atoms with van der Waals surface area (Å²) in [4.78, 5) is 3.42. The zero-order valence-electron chi connectivity index (χ0n) is 10.7.